The summed E-state index contributed by atoms with van der Waals surface area (Å²) in [6.07, 6.45) is 0. The maximum absolute atomic E-state index is 12.2. The number of methoxy groups -OCH3 is 1. The molecule has 0 fully saturated rings. The fraction of sp³-hybridized carbons (Fsp3) is 0.0714. The van der Waals surface area contributed by atoms with E-state index in [4.69, 9.17) is 27.4 Å². The van der Waals surface area contributed by atoms with E-state index in [0.29, 0.717) is 5.02 Å². The van der Waals surface area contributed by atoms with E-state index in [2.05, 4.69) is 4.74 Å². The van der Waals surface area contributed by atoms with E-state index in [9.17, 15) is 13.2 Å². The molecule has 0 spiro atoms. The standard InChI is InChI=1S/C14H10Cl2O5S/c1-20-14(17)9-2-5-11(6-3-9)22(18,19)21-13-7-4-10(15)8-12(13)16/h2-8H,1H3. The van der Waals surface area contributed by atoms with Crippen LogP contribution in [0.15, 0.2) is 47.4 Å². The van der Waals surface area contributed by atoms with Gasteiger partial charge in [0.25, 0.3) is 0 Å². The van der Waals surface area contributed by atoms with E-state index in [1.54, 1.807) is 0 Å². The van der Waals surface area contributed by atoms with E-state index < -0.39 is 16.1 Å². The fourth-order valence-corrected chi connectivity index (χ4v) is 3.02. The molecule has 0 unspecified atom stereocenters. The molecule has 22 heavy (non-hydrogen) atoms. The highest BCUT2D eigenvalue weighted by Gasteiger charge is 2.19. The first-order valence-corrected chi connectivity index (χ1v) is 8.08. The highest BCUT2D eigenvalue weighted by atomic mass is 35.5. The highest BCUT2D eigenvalue weighted by Crippen LogP contribution is 2.30. The van der Waals surface area contributed by atoms with Gasteiger partial charge in [0.05, 0.1) is 17.7 Å². The second-order valence-corrected chi connectivity index (χ2v) is 6.52. The molecule has 2 aromatic rings. The van der Waals surface area contributed by atoms with Crippen molar-refractivity contribution in [3.05, 3.63) is 58.1 Å². The summed E-state index contributed by atoms with van der Waals surface area (Å²) >= 11 is 11.6. The first-order chi connectivity index (χ1) is 10.3. The molecule has 0 atom stereocenters. The predicted octanol–water partition coefficient (Wildman–Crippen LogP) is 3.55. The van der Waals surface area contributed by atoms with Crippen molar-refractivity contribution in [2.75, 3.05) is 7.11 Å². The molecule has 0 aliphatic rings. The molecule has 8 heteroatoms. The number of halogens is 2. The van der Waals surface area contributed by atoms with E-state index >= 15 is 0 Å². The van der Waals surface area contributed by atoms with Crippen LogP contribution in [0.2, 0.25) is 10.0 Å². The lowest BCUT2D eigenvalue weighted by Gasteiger charge is -2.09. The second-order valence-electron chi connectivity index (χ2n) is 4.13. The molecule has 0 aromatic heterocycles. The monoisotopic (exact) mass is 360 g/mol. The third-order valence-corrected chi connectivity index (χ3v) is 4.44. The van der Waals surface area contributed by atoms with Crippen molar-refractivity contribution < 1.29 is 22.1 Å². The molecular weight excluding hydrogens is 351 g/mol. The minimum Gasteiger partial charge on any atom is -0.465 e. The van der Waals surface area contributed by atoms with Gasteiger partial charge < -0.3 is 8.92 Å². The van der Waals surface area contributed by atoms with Crippen LogP contribution in [-0.4, -0.2) is 21.5 Å². The minimum absolute atomic E-state index is 0.0388. The van der Waals surface area contributed by atoms with Crippen LogP contribution in [0, 0.1) is 0 Å². The molecule has 0 saturated heterocycles. The average Bonchev–Trinajstić information content (AvgIpc) is 2.49. The van der Waals surface area contributed by atoms with Gasteiger partial charge in [-0.15, -0.1) is 0 Å². The summed E-state index contributed by atoms with van der Waals surface area (Å²) in [5.41, 5.74) is 0.228. The first-order valence-electron chi connectivity index (χ1n) is 5.91. The molecule has 0 heterocycles. The zero-order chi connectivity index (χ0) is 16.3. The summed E-state index contributed by atoms with van der Waals surface area (Å²) < 4.78 is 33.8. The van der Waals surface area contributed by atoms with Crippen molar-refractivity contribution in [3.8, 4) is 5.75 Å². The van der Waals surface area contributed by atoms with Gasteiger partial charge in [0.1, 0.15) is 4.90 Å². The number of carbonyl (C=O) groups excluding carboxylic acids is 1. The normalized spacial score (nSPS) is 11.0. The Morgan fingerprint density at radius 3 is 2.23 bits per heavy atom. The summed E-state index contributed by atoms with van der Waals surface area (Å²) in [5.74, 6) is -0.603. The van der Waals surface area contributed by atoms with Crippen LogP contribution >= 0.6 is 23.2 Å². The maximum atomic E-state index is 12.2. The van der Waals surface area contributed by atoms with Gasteiger partial charge >= 0.3 is 16.1 Å². The number of rotatable bonds is 4. The van der Waals surface area contributed by atoms with Gasteiger partial charge in [-0.25, -0.2) is 4.79 Å². The van der Waals surface area contributed by atoms with Crippen molar-refractivity contribution in [1.29, 1.82) is 0 Å². The number of benzene rings is 2. The molecule has 2 rings (SSSR count). The first kappa shape index (κ1) is 16.6. The summed E-state index contributed by atoms with van der Waals surface area (Å²) in [6, 6.07) is 9.31. The van der Waals surface area contributed by atoms with Crippen molar-refractivity contribution in [2.45, 2.75) is 4.90 Å². The SMILES string of the molecule is COC(=O)c1ccc(S(=O)(=O)Oc2ccc(Cl)cc2Cl)cc1. The van der Waals surface area contributed by atoms with Gasteiger partial charge in [-0.2, -0.15) is 8.42 Å². The number of esters is 1. The Balaban J connectivity index is 2.28. The molecule has 0 aliphatic carbocycles. The largest absolute Gasteiger partial charge is 0.465 e. The van der Waals surface area contributed by atoms with Crippen LogP contribution in [0.1, 0.15) is 10.4 Å². The van der Waals surface area contributed by atoms with Gasteiger partial charge in [0.15, 0.2) is 5.75 Å². The van der Waals surface area contributed by atoms with Crippen molar-refractivity contribution >= 4 is 39.3 Å². The third-order valence-electron chi connectivity index (χ3n) is 2.66. The van der Waals surface area contributed by atoms with Crippen LogP contribution in [-0.2, 0) is 14.9 Å². The Labute approximate surface area is 137 Å². The summed E-state index contributed by atoms with van der Waals surface area (Å²) in [7, 11) is -2.84. The summed E-state index contributed by atoms with van der Waals surface area (Å²) in [5, 5.41) is 0.430. The van der Waals surface area contributed by atoms with Crippen LogP contribution in [0.3, 0.4) is 0 Å². The van der Waals surface area contributed by atoms with Crippen LogP contribution in [0.25, 0.3) is 0 Å². The Bertz CT molecular complexity index is 800. The zero-order valence-electron chi connectivity index (χ0n) is 11.2. The Morgan fingerprint density at radius 1 is 1.05 bits per heavy atom. The van der Waals surface area contributed by atoms with E-state index in [0.717, 1.165) is 0 Å². The summed E-state index contributed by atoms with van der Waals surface area (Å²) in [4.78, 5) is 11.2. The van der Waals surface area contributed by atoms with Crippen molar-refractivity contribution in [3.63, 3.8) is 0 Å². The van der Waals surface area contributed by atoms with Crippen LogP contribution < -0.4 is 4.18 Å². The molecule has 0 bridgehead atoms. The Hall–Kier alpha value is -1.76. The fourth-order valence-electron chi connectivity index (χ4n) is 1.58. The molecule has 0 radical (unpaired) electrons. The number of hydrogen-bond acceptors (Lipinski definition) is 5. The summed E-state index contributed by atoms with van der Waals surface area (Å²) in [6.45, 7) is 0. The third kappa shape index (κ3) is 3.71. The van der Waals surface area contributed by atoms with Gasteiger partial charge in [-0.05, 0) is 42.5 Å². The molecule has 0 amide bonds. The molecule has 0 saturated carbocycles. The van der Waals surface area contributed by atoms with Gasteiger partial charge in [0, 0.05) is 5.02 Å². The quantitative estimate of drug-likeness (QED) is 0.615. The topological polar surface area (TPSA) is 69.7 Å². The lowest BCUT2D eigenvalue weighted by Crippen LogP contribution is -2.10. The van der Waals surface area contributed by atoms with E-state index in [-0.39, 0.29) is 21.2 Å². The highest BCUT2D eigenvalue weighted by molar-refractivity contribution is 7.87. The second kappa shape index (κ2) is 6.56. The number of hydrogen-bond donors (Lipinski definition) is 0. The van der Waals surface area contributed by atoms with Gasteiger partial charge in [-0.1, -0.05) is 23.2 Å². The predicted molar refractivity (Wildman–Crippen MR) is 82.1 cm³/mol. The molecule has 5 nitrogen and oxygen atoms in total. The maximum Gasteiger partial charge on any atom is 0.339 e. The minimum atomic E-state index is -4.08. The molecule has 116 valence electrons. The van der Waals surface area contributed by atoms with Gasteiger partial charge in [-0.3, -0.25) is 0 Å². The Morgan fingerprint density at radius 2 is 1.68 bits per heavy atom. The molecule has 0 aliphatic heterocycles. The van der Waals surface area contributed by atoms with Crippen molar-refractivity contribution in [2.24, 2.45) is 0 Å². The van der Waals surface area contributed by atoms with Crippen LogP contribution in [0.4, 0.5) is 0 Å². The lowest BCUT2D eigenvalue weighted by molar-refractivity contribution is 0.0600. The molecular formula is C14H10Cl2O5S. The molecule has 0 N–H and O–H groups in total. The lowest BCUT2D eigenvalue weighted by atomic mass is 10.2. The molecule has 2 aromatic carbocycles. The zero-order valence-corrected chi connectivity index (χ0v) is 13.6. The van der Waals surface area contributed by atoms with E-state index in [1.165, 1.54) is 49.6 Å². The van der Waals surface area contributed by atoms with Crippen LogP contribution in [0.5, 0.6) is 5.75 Å². The Kier molecular flexibility index (Phi) is 4.95. The smallest absolute Gasteiger partial charge is 0.339 e. The van der Waals surface area contributed by atoms with E-state index in [1.807, 2.05) is 0 Å². The van der Waals surface area contributed by atoms with Crippen molar-refractivity contribution in [1.82, 2.24) is 0 Å². The van der Waals surface area contributed by atoms with Gasteiger partial charge in [0.2, 0.25) is 0 Å². The average molecular weight is 361 g/mol. The number of ether oxygens (including phenoxy) is 1. The number of carbonyl (C=O) groups is 1.